The zero-order valence-corrected chi connectivity index (χ0v) is 21.4. The Balaban J connectivity index is 1.45. The van der Waals surface area contributed by atoms with Crippen LogP contribution in [0, 0.1) is 5.92 Å². The number of nitrogens with zero attached hydrogens (tertiary/aromatic N) is 4. The Labute approximate surface area is 213 Å². The number of carbonyl (C=O) groups excluding carboxylic acids is 2. The molecule has 1 fully saturated rings. The fourth-order valence-electron chi connectivity index (χ4n) is 3.81. The molecule has 10 nitrogen and oxygen atoms in total. The molecule has 2 aromatic carbocycles. The van der Waals surface area contributed by atoms with Gasteiger partial charge >= 0.3 is 6.03 Å². The topological polar surface area (TPSA) is 125 Å². The van der Waals surface area contributed by atoms with Gasteiger partial charge in [-0.05, 0) is 36.5 Å². The third kappa shape index (κ3) is 5.92. The average molecular weight is 508 g/mol. The van der Waals surface area contributed by atoms with E-state index in [4.69, 9.17) is 4.74 Å². The van der Waals surface area contributed by atoms with Crippen LogP contribution < -0.4 is 20.5 Å². The van der Waals surface area contributed by atoms with Crippen molar-refractivity contribution >= 4 is 34.6 Å². The number of H-pyrrole nitrogens is 1. The van der Waals surface area contributed by atoms with E-state index in [-0.39, 0.29) is 17.7 Å². The maximum Gasteiger partial charge on any atom is 0.357 e. The number of aromatic nitrogens is 3. The van der Waals surface area contributed by atoms with E-state index in [0.29, 0.717) is 28.3 Å². The zero-order chi connectivity index (χ0) is 25.7. The van der Waals surface area contributed by atoms with E-state index in [1.54, 1.807) is 7.11 Å². The van der Waals surface area contributed by atoms with E-state index >= 15 is 0 Å². The molecule has 1 aromatic heterocycles. The van der Waals surface area contributed by atoms with E-state index in [1.165, 1.54) is 23.0 Å². The molecule has 1 unspecified atom stereocenters. The highest BCUT2D eigenvalue weighted by Crippen LogP contribution is 2.34. The number of aliphatic imine (C=N–C) groups is 1. The van der Waals surface area contributed by atoms with Crippen LogP contribution >= 0.6 is 11.8 Å². The number of benzene rings is 2. The largest absolute Gasteiger partial charge is 0.497 e. The van der Waals surface area contributed by atoms with Gasteiger partial charge in [0, 0.05) is 17.7 Å². The second-order valence-electron chi connectivity index (χ2n) is 8.75. The molecule has 3 amide bonds. The third-order valence-electron chi connectivity index (χ3n) is 5.60. The number of hydrazine groups is 1. The molecule has 1 atom stereocenters. The molecule has 0 saturated carbocycles. The monoisotopic (exact) mass is 507 g/mol. The summed E-state index contributed by atoms with van der Waals surface area (Å²) in [7, 11) is 1.58. The molecule has 0 spiro atoms. The predicted octanol–water partition coefficient (Wildman–Crippen LogP) is 4.09. The minimum absolute atomic E-state index is 0.127. The molecule has 36 heavy (non-hydrogen) atoms. The second-order valence-corrected chi connectivity index (χ2v) is 9.69. The summed E-state index contributed by atoms with van der Waals surface area (Å²) in [5, 5.41) is 7.10. The molecular formula is C25H29N7O3S. The first-order chi connectivity index (χ1) is 17.4. The van der Waals surface area contributed by atoms with Gasteiger partial charge in [-0.2, -0.15) is 10.1 Å². The minimum atomic E-state index is -0.588. The van der Waals surface area contributed by atoms with E-state index < -0.39 is 6.03 Å². The van der Waals surface area contributed by atoms with Crippen LogP contribution in [0.4, 0.5) is 10.5 Å². The molecule has 2 heterocycles. The molecule has 11 heteroatoms. The first-order valence-corrected chi connectivity index (χ1v) is 12.6. The molecular weight excluding hydrogens is 478 g/mol. The molecule has 0 aliphatic carbocycles. The maximum absolute atomic E-state index is 12.8. The van der Waals surface area contributed by atoms with Gasteiger partial charge in [0.05, 0.1) is 18.6 Å². The number of methoxy groups -OCH3 is 1. The number of hydrogen-bond acceptors (Lipinski definition) is 7. The van der Waals surface area contributed by atoms with Gasteiger partial charge in [0.25, 0.3) is 0 Å². The van der Waals surface area contributed by atoms with Crippen molar-refractivity contribution in [2.45, 2.75) is 33.2 Å². The van der Waals surface area contributed by atoms with Crippen LogP contribution in [0.25, 0.3) is 11.4 Å². The van der Waals surface area contributed by atoms with E-state index in [2.05, 4.69) is 44.9 Å². The lowest BCUT2D eigenvalue weighted by molar-refractivity contribution is -0.115. The van der Waals surface area contributed by atoms with Crippen LogP contribution in [-0.4, -0.2) is 45.1 Å². The van der Waals surface area contributed by atoms with Crippen LogP contribution in [0.2, 0.25) is 0 Å². The van der Waals surface area contributed by atoms with Gasteiger partial charge in [-0.25, -0.2) is 15.2 Å². The van der Waals surface area contributed by atoms with Crippen molar-refractivity contribution in [3.05, 3.63) is 59.9 Å². The van der Waals surface area contributed by atoms with Crippen molar-refractivity contribution in [3.8, 4) is 17.1 Å². The standard InChI is InChI=1S/C25H29N7O3S/c1-15(2)11-19-9-10-20(35-4)12-21(19)32-22(33)13-36-25(32)28-24(34)31-29-16(3)17-5-7-18(8-6-17)23-26-14-27-30-23/h5-10,12,14-16,29H,11,13H2,1-4H3,(H,31,34)(H,26,27,30)/b28-25-. The van der Waals surface area contributed by atoms with Crippen molar-refractivity contribution in [1.29, 1.82) is 0 Å². The van der Waals surface area contributed by atoms with Crippen molar-refractivity contribution in [3.63, 3.8) is 0 Å². The predicted molar refractivity (Wildman–Crippen MR) is 141 cm³/mol. The molecule has 0 bridgehead atoms. The second kappa shape index (κ2) is 11.4. The first-order valence-electron chi connectivity index (χ1n) is 11.6. The lowest BCUT2D eigenvalue weighted by Gasteiger charge is -2.21. The highest BCUT2D eigenvalue weighted by Gasteiger charge is 2.32. The summed E-state index contributed by atoms with van der Waals surface area (Å²) in [5.74, 6) is 1.73. The van der Waals surface area contributed by atoms with E-state index in [9.17, 15) is 9.59 Å². The van der Waals surface area contributed by atoms with Gasteiger partial charge in [-0.1, -0.05) is 55.9 Å². The molecule has 188 valence electrons. The number of ether oxygens (including phenoxy) is 1. The first kappa shape index (κ1) is 25.4. The normalized spacial score (nSPS) is 15.5. The number of urea groups is 1. The fraction of sp³-hybridized carbons (Fsp3) is 0.320. The van der Waals surface area contributed by atoms with Gasteiger partial charge in [0.2, 0.25) is 5.91 Å². The van der Waals surface area contributed by atoms with Gasteiger partial charge in [0.15, 0.2) is 11.0 Å². The number of rotatable bonds is 8. The number of amidine groups is 1. The van der Waals surface area contributed by atoms with Gasteiger partial charge in [-0.15, -0.1) is 0 Å². The molecule has 1 aliphatic rings. The summed E-state index contributed by atoms with van der Waals surface area (Å²) >= 11 is 1.24. The van der Waals surface area contributed by atoms with Crippen LogP contribution in [0.5, 0.6) is 5.75 Å². The highest BCUT2D eigenvalue weighted by atomic mass is 32.2. The smallest absolute Gasteiger partial charge is 0.357 e. The number of amides is 3. The molecule has 1 saturated heterocycles. The molecule has 1 aliphatic heterocycles. The number of thioether (sulfide) groups is 1. The van der Waals surface area contributed by atoms with Gasteiger partial charge in [0.1, 0.15) is 12.1 Å². The van der Waals surface area contributed by atoms with Crippen molar-refractivity contribution < 1.29 is 14.3 Å². The number of aromatic amines is 1. The van der Waals surface area contributed by atoms with Crippen LogP contribution in [0.1, 0.15) is 37.9 Å². The molecule has 4 rings (SSSR count). The summed E-state index contributed by atoms with van der Waals surface area (Å²) in [4.78, 5) is 35.3. The lowest BCUT2D eigenvalue weighted by Crippen LogP contribution is -2.39. The fourth-order valence-corrected chi connectivity index (χ4v) is 4.67. The minimum Gasteiger partial charge on any atom is -0.497 e. The Kier molecular flexibility index (Phi) is 8.01. The van der Waals surface area contributed by atoms with E-state index in [1.807, 2.05) is 49.4 Å². The zero-order valence-electron chi connectivity index (χ0n) is 20.6. The third-order valence-corrected chi connectivity index (χ3v) is 6.53. The van der Waals surface area contributed by atoms with Crippen LogP contribution in [-0.2, 0) is 11.2 Å². The summed E-state index contributed by atoms with van der Waals surface area (Å²) in [6.45, 7) is 6.15. The van der Waals surface area contributed by atoms with Crippen molar-refractivity contribution in [1.82, 2.24) is 26.0 Å². The van der Waals surface area contributed by atoms with Gasteiger partial charge < -0.3 is 4.74 Å². The summed E-state index contributed by atoms with van der Waals surface area (Å²) < 4.78 is 5.38. The summed E-state index contributed by atoms with van der Waals surface area (Å²) in [6.07, 6.45) is 2.31. The van der Waals surface area contributed by atoms with Gasteiger partial charge in [-0.3, -0.25) is 20.2 Å². The number of carbonyl (C=O) groups is 2. The quantitative estimate of drug-likeness (QED) is 0.392. The Hall–Kier alpha value is -3.70. The van der Waals surface area contributed by atoms with Crippen molar-refractivity contribution in [2.24, 2.45) is 10.9 Å². The molecule has 3 N–H and O–H groups in total. The number of anilines is 1. The maximum atomic E-state index is 12.8. The average Bonchev–Trinajstić information content (AvgIpc) is 3.53. The Morgan fingerprint density at radius 3 is 2.67 bits per heavy atom. The molecule has 3 aromatic rings. The Morgan fingerprint density at radius 2 is 2.00 bits per heavy atom. The van der Waals surface area contributed by atoms with Crippen LogP contribution in [0.15, 0.2) is 53.8 Å². The summed E-state index contributed by atoms with van der Waals surface area (Å²) in [6, 6.07) is 12.6. The SMILES string of the molecule is COc1ccc(CC(C)C)c(N2C(=O)CS/C2=N\C(=O)NNC(C)c2ccc(-c3nc[nH]n3)cc2)c1. The molecule has 0 radical (unpaired) electrons. The number of nitrogens with one attached hydrogen (secondary N) is 3. The Bertz CT molecular complexity index is 1240. The van der Waals surface area contributed by atoms with E-state index in [0.717, 1.165) is 23.1 Å². The highest BCUT2D eigenvalue weighted by molar-refractivity contribution is 8.15. The van der Waals surface area contributed by atoms with Crippen LogP contribution in [0.3, 0.4) is 0 Å². The summed E-state index contributed by atoms with van der Waals surface area (Å²) in [5.41, 5.74) is 9.13. The number of hydrogen-bond donors (Lipinski definition) is 3. The van der Waals surface area contributed by atoms with Crippen molar-refractivity contribution in [2.75, 3.05) is 17.8 Å². The Morgan fingerprint density at radius 1 is 1.22 bits per heavy atom. The lowest BCUT2D eigenvalue weighted by atomic mass is 10.0.